The number of nitrogens with zero attached hydrogens (tertiary/aromatic N) is 6. The number of hydrogen-bond donors (Lipinski definition) is 1. The van der Waals surface area contributed by atoms with Gasteiger partial charge in [0, 0.05) is 21.1 Å². The number of carbonyl (C=O) groups is 1. The van der Waals surface area contributed by atoms with Crippen LogP contribution in [0, 0.1) is 16.4 Å². The Morgan fingerprint density at radius 2 is 2.09 bits per heavy atom. The highest BCUT2D eigenvalue weighted by Crippen LogP contribution is 2.37. The van der Waals surface area contributed by atoms with Crippen LogP contribution in [0.4, 0.5) is 8.78 Å². The molecule has 9 nitrogen and oxygen atoms in total. The van der Waals surface area contributed by atoms with E-state index >= 15 is 0 Å². The van der Waals surface area contributed by atoms with Gasteiger partial charge in [-0.3, -0.25) is 4.57 Å². The Labute approximate surface area is 196 Å². The van der Waals surface area contributed by atoms with Crippen LogP contribution < -0.4 is 0 Å². The number of aromatic nitrogens is 6. The third kappa shape index (κ3) is 5.09. The number of benzene rings is 1. The zero-order chi connectivity index (χ0) is 24.2. The predicted molar refractivity (Wildman–Crippen MR) is 118 cm³/mol. The van der Waals surface area contributed by atoms with E-state index in [4.69, 9.17) is 17.0 Å². The number of methoxy groups -OCH3 is 1. The molecule has 0 unspecified atom stereocenters. The molecule has 0 bridgehead atoms. The van der Waals surface area contributed by atoms with Crippen molar-refractivity contribution in [1.82, 2.24) is 29.1 Å². The summed E-state index contributed by atoms with van der Waals surface area (Å²) in [4.78, 5) is 16.2. The van der Waals surface area contributed by atoms with Crippen LogP contribution in [0.2, 0.25) is 12.6 Å². The lowest BCUT2D eigenvalue weighted by atomic mass is 9.86. The highest BCUT2D eigenvalue weighted by Gasteiger charge is 2.41. The average molecular weight is 495 g/mol. The molecule has 1 aromatic carbocycles. The van der Waals surface area contributed by atoms with Crippen molar-refractivity contribution in [3.63, 3.8) is 0 Å². The SMILES string of the molecule is COC(=O)[C@H](CC[Si]C)n1cnn([C@H](C)[C@](O)(Cn2cncn2)c2ccc(F)cc2F)c1=S. The van der Waals surface area contributed by atoms with Crippen molar-refractivity contribution < 1.29 is 23.4 Å². The normalized spacial score (nSPS) is 15.1. The zero-order valence-electron chi connectivity index (χ0n) is 18.4. The van der Waals surface area contributed by atoms with Gasteiger partial charge in [0.15, 0.2) is 4.77 Å². The first-order chi connectivity index (χ1) is 15.7. The topological polar surface area (TPSA) is 100.0 Å². The second-order valence-electron chi connectivity index (χ2n) is 7.51. The Balaban J connectivity index is 2.07. The molecule has 0 fully saturated rings. The van der Waals surface area contributed by atoms with Gasteiger partial charge in [0.05, 0.1) is 19.7 Å². The van der Waals surface area contributed by atoms with Crippen molar-refractivity contribution in [3.05, 3.63) is 59.2 Å². The molecule has 1 N–H and O–H groups in total. The number of aliphatic hydroxyl groups is 1. The standard InChI is InChI=1S/C20H24F2N6O3SSi/c1-13(28-19(32)27(12-25-28)17(6-7-33-3)18(29)31-2)20(30,9-26-11-23-10-24-26)15-5-4-14(21)8-16(15)22/h4-5,8,10-13,17,30H,6-7,9H2,1-3H3/t13-,17+,20-/m1/s1. The maximum absolute atomic E-state index is 14.8. The number of ether oxygens (including phenoxy) is 1. The summed E-state index contributed by atoms with van der Waals surface area (Å²) < 4.78 is 37.6. The van der Waals surface area contributed by atoms with E-state index in [9.17, 15) is 18.7 Å². The number of rotatable bonds is 10. The van der Waals surface area contributed by atoms with Crippen LogP contribution in [0.5, 0.6) is 0 Å². The summed E-state index contributed by atoms with van der Waals surface area (Å²) >= 11 is 5.57. The Morgan fingerprint density at radius 1 is 1.33 bits per heavy atom. The molecule has 13 heteroatoms. The van der Waals surface area contributed by atoms with E-state index in [0.717, 1.165) is 12.1 Å². The first kappa shape index (κ1) is 24.9. The first-order valence-corrected chi connectivity index (χ1v) is 12.2. The van der Waals surface area contributed by atoms with Gasteiger partial charge in [0.1, 0.15) is 42.3 Å². The van der Waals surface area contributed by atoms with Crippen LogP contribution in [-0.4, -0.2) is 56.8 Å². The lowest BCUT2D eigenvalue weighted by Crippen LogP contribution is -2.41. The van der Waals surface area contributed by atoms with Crippen molar-refractivity contribution in [3.8, 4) is 0 Å². The predicted octanol–water partition coefficient (Wildman–Crippen LogP) is 2.71. The van der Waals surface area contributed by atoms with E-state index < -0.39 is 35.3 Å². The fourth-order valence-corrected chi connectivity index (χ4v) is 4.58. The quantitative estimate of drug-likeness (QED) is 0.263. The van der Waals surface area contributed by atoms with Gasteiger partial charge in [-0.15, -0.1) is 0 Å². The summed E-state index contributed by atoms with van der Waals surface area (Å²) in [5.41, 5.74) is -2.09. The molecule has 176 valence electrons. The van der Waals surface area contributed by atoms with Crippen molar-refractivity contribution in [2.75, 3.05) is 7.11 Å². The molecular formula is C20H24F2N6O3SSi. The summed E-state index contributed by atoms with van der Waals surface area (Å²) in [5.74, 6) is -2.16. The largest absolute Gasteiger partial charge is 0.467 e. The van der Waals surface area contributed by atoms with Crippen molar-refractivity contribution in [2.45, 2.75) is 50.2 Å². The summed E-state index contributed by atoms with van der Waals surface area (Å²) in [6.07, 6.45) is 4.56. The number of halogens is 2. The minimum Gasteiger partial charge on any atom is -0.467 e. The molecule has 0 aliphatic heterocycles. The molecule has 2 aromatic heterocycles. The van der Waals surface area contributed by atoms with E-state index in [2.05, 4.69) is 15.2 Å². The van der Waals surface area contributed by atoms with Crippen molar-refractivity contribution in [2.24, 2.45) is 0 Å². The van der Waals surface area contributed by atoms with Crippen LogP contribution >= 0.6 is 12.2 Å². The zero-order valence-corrected chi connectivity index (χ0v) is 20.2. The molecule has 0 aliphatic carbocycles. The lowest BCUT2D eigenvalue weighted by molar-refractivity contribution is -0.144. The molecule has 0 amide bonds. The van der Waals surface area contributed by atoms with Crippen LogP contribution in [0.15, 0.2) is 37.2 Å². The Hall–Kier alpha value is -2.77. The molecule has 3 aromatic rings. The number of hydrogen-bond acceptors (Lipinski definition) is 7. The second kappa shape index (κ2) is 10.4. The van der Waals surface area contributed by atoms with Crippen LogP contribution in [0.25, 0.3) is 0 Å². The maximum atomic E-state index is 14.8. The van der Waals surface area contributed by atoms with Gasteiger partial charge >= 0.3 is 5.97 Å². The van der Waals surface area contributed by atoms with Gasteiger partial charge in [-0.1, -0.05) is 18.7 Å². The van der Waals surface area contributed by atoms with E-state index in [0.29, 0.717) is 22.0 Å². The Bertz CT molecular complexity index is 1160. The Morgan fingerprint density at radius 3 is 2.70 bits per heavy atom. The minimum atomic E-state index is -1.94. The molecule has 0 aliphatic rings. The van der Waals surface area contributed by atoms with Crippen LogP contribution in [-0.2, 0) is 21.7 Å². The molecule has 33 heavy (non-hydrogen) atoms. The second-order valence-corrected chi connectivity index (χ2v) is 9.09. The monoisotopic (exact) mass is 494 g/mol. The van der Waals surface area contributed by atoms with Crippen LogP contribution in [0.1, 0.15) is 31.0 Å². The average Bonchev–Trinajstić information content (AvgIpc) is 3.43. The summed E-state index contributed by atoms with van der Waals surface area (Å²) in [5, 5.41) is 20.1. The van der Waals surface area contributed by atoms with Gasteiger partial charge in [0.2, 0.25) is 0 Å². The smallest absolute Gasteiger partial charge is 0.328 e. The third-order valence-electron chi connectivity index (χ3n) is 5.52. The molecule has 0 spiro atoms. The highest BCUT2D eigenvalue weighted by molar-refractivity contribution is 7.71. The van der Waals surface area contributed by atoms with Gasteiger partial charge < -0.3 is 9.84 Å². The summed E-state index contributed by atoms with van der Waals surface area (Å²) in [6.45, 7) is 3.43. The van der Waals surface area contributed by atoms with Gasteiger partial charge in [-0.25, -0.2) is 27.9 Å². The first-order valence-electron chi connectivity index (χ1n) is 10.1. The summed E-state index contributed by atoms with van der Waals surface area (Å²) in [7, 11) is 1.93. The minimum absolute atomic E-state index is 0.150. The van der Waals surface area contributed by atoms with Gasteiger partial charge in [0.25, 0.3) is 0 Å². The molecule has 2 heterocycles. The Kier molecular flexibility index (Phi) is 7.87. The van der Waals surface area contributed by atoms with E-state index in [-0.39, 0.29) is 16.9 Å². The molecule has 0 saturated carbocycles. The van der Waals surface area contributed by atoms with Crippen molar-refractivity contribution >= 4 is 27.7 Å². The van der Waals surface area contributed by atoms with Gasteiger partial charge in [-0.05, 0) is 31.6 Å². The number of carbonyl (C=O) groups excluding carboxylic acids is 1. The van der Waals surface area contributed by atoms with E-state index in [1.54, 1.807) is 6.92 Å². The fraction of sp³-hybridized carbons (Fsp3) is 0.450. The van der Waals surface area contributed by atoms with E-state index in [1.807, 2.05) is 6.55 Å². The van der Waals surface area contributed by atoms with Gasteiger partial charge in [-0.2, -0.15) is 10.2 Å². The van der Waals surface area contributed by atoms with E-state index in [1.165, 1.54) is 46.1 Å². The molecule has 0 saturated heterocycles. The molecule has 3 rings (SSSR count). The molecule has 2 radical (unpaired) electrons. The van der Waals surface area contributed by atoms with Crippen LogP contribution in [0.3, 0.4) is 0 Å². The maximum Gasteiger partial charge on any atom is 0.328 e. The summed E-state index contributed by atoms with van der Waals surface area (Å²) in [6, 6.07) is 2.12. The number of esters is 1. The fourth-order valence-electron chi connectivity index (χ4n) is 3.64. The lowest BCUT2D eigenvalue weighted by Gasteiger charge is -2.34. The molecular weight excluding hydrogens is 470 g/mol. The third-order valence-corrected chi connectivity index (χ3v) is 6.71. The molecule has 3 atom stereocenters. The van der Waals surface area contributed by atoms with Crippen molar-refractivity contribution in [1.29, 1.82) is 0 Å². The highest BCUT2D eigenvalue weighted by atomic mass is 32.1.